The number of hydrogen-bond acceptors (Lipinski definition) is 2. The smallest absolute Gasteiger partial charge is 0.119 e. The van der Waals surface area contributed by atoms with E-state index in [9.17, 15) is 0 Å². The zero-order valence-corrected chi connectivity index (χ0v) is 10.9. The van der Waals surface area contributed by atoms with Gasteiger partial charge in [-0.25, -0.2) is 0 Å². The summed E-state index contributed by atoms with van der Waals surface area (Å²) in [4.78, 5) is 0. The lowest BCUT2D eigenvalue weighted by atomic mass is 9.91. The van der Waals surface area contributed by atoms with E-state index in [0.29, 0.717) is 12.0 Å². The molecule has 0 amide bonds. The van der Waals surface area contributed by atoms with Gasteiger partial charge in [0.05, 0.1) is 7.11 Å². The summed E-state index contributed by atoms with van der Waals surface area (Å²) in [5.41, 5.74) is 1.45. The summed E-state index contributed by atoms with van der Waals surface area (Å²) >= 11 is 0. The third kappa shape index (κ3) is 1.97. The maximum absolute atomic E-state index is 5.26. The van der Waals surface area contributed by atoms with Crippen molar-refractivity contribution in [2.75, 3.05) is 13.7 Å². The summed E-state index contributed by atoms with van der Waals surface area (Å²) in [5.74, 6) is 1.57. The van der Waals surface area contributed by atoms with Crippen LogP contribution < -0.4 is 10.1 Å². The van der Waals surface area contributed by atoms with E-state index in [2.05, 4.69) is 42.6 Å². The molecule has 0 bridgehead atoms. The second-order valence-electron chi connectivity index (χ2n) is 5.11. The maximum atomic E-state index is 5.26. The van der Waals surface area contributed by atoms with Gasteiger partial charge in [-0.2, -0.15) is 0 Å². The topological polar surface area (TPSA) is 21.3 Å². The zero-order chi connectivity index (χ0) is 12.5. The predicted molar refractivity (Wildman–Crippen MR) is 75.3 cm³/mol. The quantitative estimate of drug-likeness (QED) is 0.871. The highest BCUT2D eigenvalue weighted by Gasteiger charge is 2.24. The number of ether oxygens (including phenoxy) is 1. The van der Waals surface area contributed by atoms with Crippen LogP contribution in [-0.2, 0) is 0 Å². The van der Waals surface area contributed by atoms with Crippen molar-refractivity contribution in [2.45, 2.75) is 25.3 Å². The minimum atomic E-state index is 0.584. The molecular weight excluding hydrogens is 222 g/mol. The van der Waals surface area contributed by atoms with Crippen LogP contribution in [0.1, 0.15) is 24.8 Å². The van der Waals surface area contributed by atoms with Crippen molar-refractivity contribution in [3.05, 3.63) is 42.0 Å². The number of hydrogen-bond donors (Lipinski definition) is 1. The third-order valence-electron chi connectivity index (χ3n) is 4.02. The van der Waals surface area contributed by atoms with Crippen LogP contribution in [0.4, 0.5) is 0 Å². The second-order valence-corrected chi connectivity index (χ2v) is 5.11. The molecule has 2 aromatic rings. The average Bonchev–Trinajstić information content (AvgIpc) is 2.84. The molecule has 1 saturated heterocycles. The predicted octanol–water partition coefficient (Wildman–Crippen LogP) is 3.31. The Balaban J connectivity index is 2.00. The van der Waals surface area contributed by atoms with Crippen molar-refractivity contribution in [2.24, 2.45) is 0 Å². The number of methoxy groups -OCH3 is 1. The fourth-order valence-corrected chi connectivity index (χ4v) is 2.91. The maximum Gasteiger partial charge on any atom is 0.119 e. The summed E-state index contributed by atoms with van der Waals surface area (Å²) in [7, 11) is 1.71. The Hall–Kier alpha value is -1.54. The minimum absolute atomic E-state index is 0.584. The lowest BCUT2D eigenvalue weighted by molar-refractivity contribution is 0.415. The first kappa shape index (κ1) is 11.5. The molecule has 1 fully saturated rings. The number of benzene rings is 2. The zero-order valence-electron chi connectivity index (χ0n) is 10.9. The molecule has 2 atom stereocenters. The minimum Gasteiger partial charge on any atom is -0.497 e. The van der Waals surface area contributed by atoms with Crippen molar-refractivity contribution in [1.82, 2.24) is 5.32 Å². The monoisotopic (exact) mass is 241 g/mol. The van der Waals surface area contributed by atoms with Gasteiger partial charge in [-0.3, -0.25) is 0 Å². The molecule has 0 radical (unpaired) electrons. The van der Waals surface area contributed by atoms with E-state index < -0.39 is 0 Å². The molecule has 0 aromatic heterocycles. The van der Waals surface area contributed by atoms with Crippen molar-refractivity contribution in [3.8, 4) is 5.75 Å². The molecule has 0 spiro atoms. The van der Waals surface area contributed by atoms with E-state index >= 15 is 0 Å². The highest BCUT2D eigenvalue weighted by atomic mass is 16.5. The van der Waals surface area contributed by atoms with E-state index in [0.717, 1.165) is 12.3 Å². The molecule has 18 heavy (non-hydrogen) atoms. The summed E-state index contributed by atoms with van der Waals surface area (Å²) in [6, 6.07) is 13.6. The Bertz CT molecular complexity index is 564. The Kier molecular flexibility index (Phi) is 2.96. The van der Waals surface area contributed by atoms with Gasteiger partial charge >= 0.3 is 0 Å². The Morgan fingerprint density at radius 2 is 1.89 bits per heavy atom. The highest BCUT2D eigenvalue weighted by molar-refractivity contribution is 5.84. The number of nitrogens with one attached hydrogen (secondary N) is 1. The fraction of sp³-hybridized carbons (Fsp3) is 0.375. The van der Waals surface area contributed by atoms with Crippen LogP contribution in [0, 0.1) is 0 Å². The summed E-state index contributed by atoms with van der Waals surface area (Å²) in [5, 5.41) is 6.06. The molecule has 3 rings (SSSR count). The van der Waals surface area contributed by atoms with E-state index in [4.69, 9.17) is 4.74 Å². The summed E-state index contributed by atoms with van der Waals surface area (Å²) in [6.07, 6.45) is 1.24. The molecule has 2 heteroatoms. The van der Waals surface area contributed by atoms with Crippen molar-refractivity contribution in [1.29, 1.82) is 0 Å². The molecule has 2 aromatic carbocycles. The Morgan fingerprint density at radius 3 is 2.61 bits per heavy atom. The molecule has 1 aliphatic rings. The highest BCUT2D eigenvalue weighted by Crippen LogP contribution is 2.30. The third-order valence-corrected chi connectivity index (χ3v) is 4.02. The van der Waals surface area contributed by atoms with Gasteiger partial charge in [0.2, 0.25) is 0 Å². The first-order valence-corrected chi connectivity index (χ1v) is 6.59. The number of fused-ring (bicyclic) bond motifs is 1. The lowest BCUT2D eigenvalue weighted by Crippen LogP contribution is -2.21. The normalized spacial score (nSPS) is 23.4. The van der Waals surface area contributed by atoms with Gasteiger partial charge in [0.15, 0.2) is 0 Å². The van der Waals surface area contributed by atoms with Gasteiger partial charge in [0.25, 0.3) is 0 Å². The van der Waals surface area contributed by atoms with Gasteiger partial charge in [0, 0.05) is 12.0 Å². The Labute approximate surface area is 108 Å². The second kappa shape index (κ2) is 4.62. The van der Waals surface area contributed by atoms with Crippen molar-refractivity contribution >= 4 is 10.8 Å². The van der Waals surface area contributed by atoms with Gasteiger partial charge in [-0.15, -0.1) is 0 Å². The molecule has 2 nitrogen and oxygen atoms in total. The van der Waals surface area contributed by atoms with E-state index in [1.165, 1.54) is 22.8 Å². The van der Waals surface area contributed by atoms with Gasteiger partial charge in [0.1, 0.15) is 5.75 Å². The van der Waals surface area contributed by atoms with Crippen LogP contribution >= 0.6 is 0 Å². The number of rotatable bonds is 2. The molecular formula is C16H19NO. The van der Waals surface area contributed by atoms with E-state index in [-0.39, 0.29) is 0 Å². The SMILES string of the molecule is COc1ccc2cc(C3CCNC3C)ccc2c1. The van der Waals surface area contributed by atoms with Gasteiger partial charge in [-0.1, -0.05) is 24.3 Å². The van der Waals surface area contributed by atoms with E-state index in [1.807, 2.05) is 6.07 Å². The van der Waals surface area contributed by atoms with E-state index in [1.54, 1.807) is 7.11 Å². The largest absolute Gasteiger partial charge is 0.497 e. The molecule has 1 heterocycles. The average molecular weight is 241 g/mol. The summed E-state index contributed by atoms with van der Waals surface area (Å²) < 4.78 is 5.26. The molecule has 94 valence electrons. The van der Waals surface area contributed by atoms with Crippen LogP contribution in [0.3, 0.4) is 0 Å². The van der Waals surface area contributed by atoms with Crippen molar-refractivity contribution < 1.29 is 4.74 Å². The van der Waals surface area contributed by atoms with Gasteiger partial charge < -0.3 is 10.1 Å². The van der Waals surface area contributed by atoms with Crippen LogP contribution in [0.2, 0.25) is 0 Å². The molecule has 0 aliphatic carbocycles. The molecule has 1 N–H and O–H groups in total. The fourth-order valence-electron chi connectivity index (χ4n) is 2.91. The van der Waals surface area contributed by atoms with Crippen molar-refractivity contribution in [3.63, 3.8) is 0 Å². The Morgan fingerprint density at radius 1 is 1.11 bits per heavy atom. The molecule has 1 aliphatic heterocycles. The van der Waals surface area contributed by atoms with Crippen LogP contribution in [-0.4, -0.2) is 19.7 Å². The summed E-state index contributed by atoms with van der Waals surface area (Å²) in [6.45, 7) is 3.41. The molecule has 0 saturated carbocycles. The van der Waals surface area contributed by atoms with Crippen LogP contribution in [0.5, 0.6) is 5.75 Å². The van der Waals surface area contributed by atoms with Gasteiger partial charge in [-0.05, 0) is 48.4 Å². The molecule has 2 unspecified atom stereocenters. The van der Waals surface area contributed by atoms with Crippen LogP contribution in [0.15, 0.2) is 36.4 Å². The van der Waals surface area contributed by atoms with Crippen LogP contribution in [0.25, 0.3) is 10.8 Å². The first-order valence-electron chi connectivity index (χ1n) is 6.59. The lowest BCUT2D eigenvalue weighted by Gasteiger charge is -2.16. The first-order chi connectivity index (χ1) is 8.78. The standard InChI is InChI=1S/C16H19NO/c1-11-16(7-8-17-11)14-4-3-13-10-15(18-2)6-5-12(13)9-14/h3-6,9-11,16-17H,7-8H2,1-2H3.